The number of imidazole rings is 1. The van der Waals surface area contributed by atoms with Crippen molar-refractivity contribution in [3.05, 3.63) is 144 Å². The molecule has 7 rings (SSSR count). The first kappa shape index (κ1) is 32.0. The molecule has 1 aliphatic rings. The third-order valence-electron chi connectivity index (χ3n) is 8.73. The van der Waals surface area contributed by atoms with Crippen LogP contribution in [-0.4, -0.2) is 63.6 Å². The third kappa shape index (κ3) is 6.22. The lowest BCUT2D eigenvalue weighted by molar-refractivity contribution is -0.0851. The van der Waals surface area contributed by atoms with Crippen molar-refractivity contribution in [3.8, 4) is 11.5 Å². The number of aromatic nitrogens is 4. The minimum atomic E-state index is -1.03. The molecular weight excluding hydrogens is 622 g/mol. The van der Waals surface area contributed by atoms with Crippen LogP contribution in [0.3, 0.4) is 0 Å². The third-order valence-corrected chi connectivity index (χ3v) is 8.73. The minimum absolute atomic E-state index is 0.153. The summed E-state index contributed by atoms with van der Waals surface area (Å²) in [6, 6.07) is 34.5. The Morgan fingerprint density at radius 3 is 2.04 bits per heavy atom. The molecule has 11 nitrogen and oxygen atoms in total. The average molecular weight is 658 g/mol. The fraction of sp³-hybridized carbons (Fsp3) is 0.211. The molecule has 0 saturated carbocycles. The van der Waals surface area contributed by atoms with Gasteiger partial charge in [-0.15, -0.1) is 0 Å². The Kier molecular flexibility index (Phi) is 9.03. The highest BCUT2D eigenvalue weighted by Gasteiger charge is 2.42. The van der Waals surface area contributed by atoms with Crippen molar-refractivity contribution >= 4 is 22.9 Å². The molecule has 0 spiro atoms. The van der Waals surface area contributed by atoms with Gasteiger partial charge in [-0.25, -0.2) is 15.0 Å². The first-order valence-electron chi connectivity index (χ1n) is 15.9. The maximum Gasteiger partial charge on any atom is 0.256 e. The van der Waals surface area contributed by atoms with E-state index in [1.54, 1.807) is 43.1 Å². The van der Waals surface area contributed by atoms with Crippen LogP contribution in [0.1, 0.15) is 39.7 Å². The van der Waals surface area contributed by atoms with Gasteiger partial charge in [-0.05, 0) is 53.1 Å². The number of carbonyl (C=O) groups excluding carboxylic acids is 1. The van der Waals surface area contributed by atoms with Gasteiger partial charge in [0.05, 0.1) is 33.3 Å². The Bertz CT molecular complexity index is 1970. The molecule has 2 aromatic heterocycles. The van der Waals surface area contributed by atoms with Gasteiger partial charge < -0.3 is 29.4 Å². The summed E-state index contributed by atoms with van der Waals surface area (Å²) < 4.78 is 26.0. The van der Waals surface area contributed by atoms with Gasteiger partial charge in [0.25, 0.3) is 5.91 Å². The second-order valence-electron chi connectivity index (χ2n) is 11.6. The lowest BCUT2D eigenvalue weighted by Gasteiger charge is -2.37. The Morgan fingerprint density at radius 1 is 0.837 bits per heavy atom. The maximum atomic E-state index is 12.8. The van der Waals surface area contributed by atoms with Crippen LogP contribution in [0, 0.1) is 0 Å². The summed E-state index contributed by atoms with van der Waals surface area (Å²) in [7, 11) is 3.27. The molecule has 1 aliphatic heterocycles. The van der Waals surface area contributed by atoms with Crippen molar-refractivity contribution in [1.82, 2.24) is 19.5 Å². The largest absolute Gasteiger partial charge is 0.497 e. The summed E-state index contributed by atoms with van der Waals surface area (Å²) in [5.74, 6) is 1.39. The lowest BCUT2D eigenvalue weighted by Crippen LogP contribution is -2.35. The van der Waals surface area contributed by atoms with E-state index < -0.39 is 24.0 Å². The number of methoxy groups -OCH3 is 2. The number of nitrogens with one attached hydrogen (secondary N) is 1. The topological polar surface area (TPSA) is 130 Å². The second-order valence-corrected chi connectivity index (χ2v) is 11.6. The molecule has 0 bridgehead atoms. The molecule has 1 fully saturated rings. The number of fused-ring (bicyclic) bond motifs is 1. The Hall–Kier alpha value is -5.62. The predicted octanol–water partition coefficient (Wildman–Crippen LogP) is 5.75. The number of benzene rings is 4. The van der Waals surface area contributed by atoms with Crippen LogP contribution in [0.2, 0.25) is 0 Å². The maximum absolute atomic E-state index is 12.8. The van der Waals surface area contributed by atoms with Crippen LogP contribution in [-0.2, 0) is 15.1 Å². The molecule has 1 saturated heterocycles. The summed E-state index contributed by atoms with van der Waals surface area (Å²) in [5.41, 5.74) is 2.95. The average Bonchev–Trinajstić information content (AvgIpc) is 3.76. The van der Waals surface area contributed by atoms with Crippen molar-refractivity contribution in [1.29, 1.82) is 0 Å². The SMILES string of the molecule is COc1ccc(C(OC[C@@H]2CC(O)[C@H](n3cnc4c(NC(=O)c5ccccc5)ncnc43)O2)(c2ccccc2)c2ccc(OC)cc2)cc1. The molecule has 3 atom stereocenters. The first-order chi connectivity index (χ1) is 24.0. The fourth-order valence-corrected chi connectivity index (χ4v) is 6.28. The van der Waals surface area contributed by atoms with Gasteiger partial charge in [0.2, 0.25) is 0 Å². The number of aliphatic hydroxyl groups is 1. The number of hydrogen-bond donors (Lipinski definition) is 2. The summed E-state index contributed by atoms with van der Waals surface area (Å²) >= 11 is 0. The molecule has 49 heavy (non-hydrogen) atoms. The number of rotatable bonds is 11. The molecule has 1 amide bonds. The normalized spacial score (nSPS) is 17.6. The monoisotopic (exact) mass is 657 g/mol. The standard InChI is InChI=1S/C38H35N5O6/c1-46-29-17-13-27(14-18-29)38(26-11-7-4-8-12-26,28-15-19-30(47-2)20-16-28)48-22-31-21-32(44)37(49-31)43-24-41-33-34(39-23-40-35(33)43)42-36(45)25-9-5-3-6-10-25/h3-20,23-24,31-32,37,44H,21-22H2,1-2H3,(H,39,40,42,45)/t31-,32?,37+/m0/s1. The van der Waals surface area contributed by atoms with E-state index in [-0.39, 0.29) is 18.3 Å². The van der Waals surface area contributed by atoms with E-state index in [1.165, 1.54) is 12.7 Å². The number of amides is 1. The van der Waals surface area contributed by atoms with Crippen LogP contribution >= 0.6 is 0 Å². The molecule has 11 heteroatoms. The van der Waals surface area contributed by atoms with Gasteiger partial charge in [-0.1, -0.05) is 72.8 Å². The predicted molar refractivity (Wildman–Crippen MR) is 183 cm³/mol. The van der Waals surface area contributed by atoms with Crippen molar-refractivity contribution < 1.29 is 28.8 Å². The molecular formula is C38H35N5O6. The van der Waals surface area contributed by atoms with Gasteiger partial charge in [-0.3, -0.25) is 9.36 Å². The van der Waals surface area contributed by atoms with Gasteiger partial charge in [0.1, 0.15) is 29.5 Å². The molecule has 0 radical (unpaired) electrons. The lowest BCUT2D eigenvalue weighted by atomic mass is 9.80. The highest BCUT2D eigenvalue weighted by Crippen LogP contribution is 2.43. The molecule has 6 aromatic rings. The van der Waals surface area contributed by atoms with Crippen LogP contribution in [0.25, 0.3) is 11.2 Å². The summed E-state index contributed by atoms with van der Waals surface area (Å²) in [6.07, 6.45) is 1.05. The van der Waals surface area contributed by atoms with E-state index in [0.29, 0.717) is 23.1 Å². The Balaban J connectivity index is 1.18. The van der Waals surface area contributed by atoms with Crippen molar-refractivity contribution in [2.24, 2.45) is 0 Å². The highest BCUT2D eigenvalue weighted by molar-refractivity contribution is 6.06. The molecule has 0 aliphatic carbocycles. The highest BCUT2D eigenvalue weighted by atomic mass is 16.6. The smallest absolute Gasteiger partial charge is 0.256 e. The minimum Gasteiger partial charge on any atom is -0.497 e. The van der Waals surface area contributed by atoms with Crippen LogP contribution in [0.4, 0.5) is 5.82 Å². The quantitative estimate of drug-likeness (QED) is 0.167. The van der Waals surface area contributed by atoms with E-state index >= 15 is 0 Å². The van der Waals surface area contributed by atoms with Gasteiger partial charge in [-0.2, -0.15) is 0 Å². The van der Waals surface area contributed by atoms with Gasteiger partial charge in [0, 0.05) is 12.0 Å². The number of carbonyl (C=O) groups is 1. The summed E-state index contributed by atoms with van der Waals surface area (Å²) in [4.78, 5) is 26.0. The van der Waals surface area contributed by atoms with Crippen LogP contribution in [0.15, 0.2) is 122 Å². The summed E-state index contributed by atoms with van der Waals surface area (Å²) in [5, 5.41) is 14.1. The van der Waals surface area contributed by atoms with Gasteiger partial charge in [0.15, 0.2) is 23.2 Å². The van der Waals surface area contributed by atoms with E-state index in [4.69, 9.17) is 18.9 Å². The van der Waals surface area contributed by atoms with Crippen LogP contribution in [0.5, 0.6) is 11.5 Å². The van der Waals surface area contributed by atoms with Crippen molar-refractivity contribution in [2.75, 3.05) is 26.1 Å². The van der Waals surface area contributed by atoms with Crippen molar-refractivity contribution in [3.63, 3.8) is 0 Å². The molecule has 1 unspecified atom stereocenters. The number of hydrogen-bond acceptors (Lipinski definition) is 9. The van der Waals surface area contributed by atoms with E-state index in [9.17, 15) is 9.90 Å². The zero-order chi connectivity index (χ0) is 33.8. The zero-order valence-electron chi connectivity index (χ0n) is 27.0. The second kappa shape index (κ2) is 13.9. The molecule has 2 N–H and O–H groups in total. The van der Waals surface area contributed by atoms with Gasteiger partial charge >= 0.3 is 0 Å². The number of ether oxygens (including phenoxy) is 4. The number of aliphatic hydroxyl groups excluding tert-OH is 1. The Morgan fingerprint density at radius 2 is 1.43 bits per heavy atom. The number of nitrogens with zero attached hydrogens (tertiary/aromatic N) is 4. The van der Waals surface area contributed by atoms with Crippen molar-refractivity contribution in [2.45, 2.75) is 30.5 Å². The summed E-state index contributed by atoms with van der Waals surface area (Å²) in [6.45, 7) is 0.153. The van der Waals surface area contributed by atoms with E-state index in [1.807, 2.05) is 84.9 Å². The first-order valence-corrected chi connectivity index (χ1v) is 15.9. The number of anilines is 1. The Labute approximate surface area is 283 Å². The molecule has 248 valence electrons. The van der Waals surface area contributed by atoms with E-state index in [0.717, 1.165) is 28.2 Å². The molecule has 4 aromatic carbocycles. The van der Waals surface area contributed by atoms with Crippen LogP contribution < -0.4 is 14.8 Å². The zero-order valence-corrected chi connectivity index (χ0v) is 27.0. The fourth-order valence-electron chi connectivity index (χ4n) is 6.28. The molecule has 3 heterocycles. The van der Waals surface area contributed by atoms with E-state index in [2.05, 4.69) is 20.3 Å².